The fourth-order valence-electron chi connectivity index (χ4n) is 3.12. The molecule has 2 N–H and O–H groups in total. The first-order chi connectivity index (χ1) is 15.2. The Hall–Kier alpha value is -4.05. The Labute approximate surface area is 183 Å². The summed E-state index contributed by atoms with van der Waals surface area (Å²) in [7, 11) is -3.89. The van der Waals surface area contributed by atoms with E-state index < -0.39 is 21.6 Å². The largest absolute Gasteiger partial charge is 0.417 e. The number of rotatable bonds is 5. The number of fused-ring (bicyclic) bond motifs is 1. The van der Waals surface area contributed by atoms with Crippen molar-refractivity contribution in [3.8, 4) is 0 Å². The van der Waals surface area contributed by atoms with Crippen LogP contribution in [-0.2, 0) is 10.0 Å². The number of nitrogens with one attached hydrogen (secondary N) is 2. The minimum absolute atomic E-state index is 0.0124. The fourth-order valence-corrected chi connectivity index (χ4v) is 4.11. The summed E-state index contributed by atoms with van der Waals surface area (Å²) in [6.45, 7) is 3.40. The monoisotopic (exact) mass is 450 g/mol. The van der Waals surface area contributed by atoms with Gasteiger partial charge in [0.1, 0.15) is 11.6 Å². The van der Waals surface area contributed by atoms with Crippen LogP contribution in [-0.4, -0.2) is 24.3 Å². The summed E-state index contributed by atoms with van der Waals surface area (Å²) in [6.07, 6.45) is 0. The molecule has 2 aromatic heterocycles. The second-order valence-electron chi connectivity index (χ2n) is 7.01. The highest BCUT2D eigenvalue weighted by atomic mass is 32.2. The molecule has 2 aromatic carbocycles. The van der Waals surface area contributed by atoms with Crippen LogP contribution in [0.5, 0.6) is 0 Å². The van der Waals surface area contributed by atoms with Crippen molar-refractivity contribution in [1.29, 1.82) is 0 Å². The van der Waals surface area contributed by atoms with Crippen LogP contribution < -0.4 is 15.7 Å². The molecule has 4 aromatic rings. The van der Waals surface area contributed by atoms with Gasteiger partial charge < -0.3 is 9.73 Å². The fraction of sp³-hybridized carbons (Fsp3) is 0.0909. The highest BCUT2D eigenvalue weighted by molar-refractivity contribution is 7.92. The lowest BCUT2D eigenvalue weighted by Gasteiger charge is -2.10. The van der Waals surface area contributed by atoms with Crippen LogP contribution in [0.1, 0.15) is 22.1 Å². The number of aryl methyl sites for hydroxylation is 2. The molecule has 0 unspecified atom stereocenters. The summed E-state index contributed by atoms with van der Waals surface area (Å²) in [6, 6.07) is 15.3. The maximum absolute atomic E-state index is 12.6. The zero-order valence-electron chi connectivity index (χ0n) is 17.1. The van der Waals surface area contributed by atoms with Crippen LogP contribution in [0.3, 0.4) is 0 Å². The lowest BCUT2D eigenvalue weighted by molar-refractivity contribution is 0.0993. The summed E-state index contributed by atoms with van der Waals surface area (Å²) in [5.41, 5.74) is 0.350. The van der Waals surface area contributed by atoms with E-state index in [4.69, 9.17) is 4.42 Å². The maximum atomic E-state index is 12.6. The van der Waals surface area contributed by atoms with Gasteiger partial charge in [-0.25, -0.2) is 23.2 Å². The molecular formula is C22H18N4O5S. The number of nitrogens with zero attached hydrogens (tertiary/aromatic N) is 2. The van der Waals surface area contributed by atoms with Crippen LogP contribution in [0.4, 0.5) is 11.5 Å². The highest BCUT2D eigenvalue weighted by Gasteiger charge is 2.17. The van der Waals surface area contributed by atoms with Gasteiger partial charge in [-0.15, -0.1) is 0 Å². The lowest BCUT2D eigenvalue weighted by atomic mass is 10.1. The van der Waals surface area contributed by atoms with Gasteiger partial charge >= 0.3 is 5.63 Å². The molecule has 162 valence electrons. The third kappa shape index (κ3) is 4.49. The third-order valence-electron chi connectivity index (χ3n) is 4.52. The molecular weight excluding hydrogens is 432 g/mol. The minimum atomic E-state index is -3.89. The van der Waals surface area contributed by atoms with E-state index in [1.807, 2.05) is 0 Å². The number of amides is 1. The zero-order chi connectivity index (χ0) is 22.9. The van der Waals surface area contributed by atoms with Gasteiger partial charge in [0.05, 0.1) is 10.3 Å². The molecule has 1 amide bonds. The third-order valence-corrected chi connectivity index (χ3v) is 5.89. The van der Waals surface area contributed by atoms with Crippen molar-refractivity contribution in [2.24, 2.45) is 0 Å². The molecule has 4 rings (SSSR count). The standard InChI is InChI=1S/C22H18N4O5S/c1-13-11-20(24-14(2)23-13)26-32(29,30)17-9-7-16(8-10-17)25-21(27)19-12-15-5-3-4-6-18(15)22(28)31-19/h3-12H,1-2H3,(H,25,27)(H,23,24,26). The van der Waals surface area contributed by atoms with Gasteiger partial charge in [-0.3, -0.25) is 9.52 Å². The van der Waals surface area contributed by atoms with Gasteiger partial charge in [-0.1, -0.05) is 18.2 Å². The predicted octanol–water partition coefficient (Wildman–Crippen LogP) is 3.25. The molecule has 0 bridgehead atoms. The van der Waals surface area contributed by atoms with E-state index in [9.17, 15) is 18.0 Å². The second kappa shape index (κ2) is 8.23. The van der Waals surface area contributed by atoms with Gasteiger partial charge in [0, 0.05) is 17.4 Å². The number of sulfonamides is 1. The summed E-state index contributed by atoms with van der Waals surface area (Å²) in [5.74, 6) is -0.171. The van der Waals surface area contributed by atoms with E-state index >= 15 is 0 Å². The van der Waals surface area contributed by atoms with Crippen LogP contribution in [0.15, 0.2) is 74.8 Å². The Morgan fingerprint density at radius 1 is 0.969 bits per heavy atom. The maximum Gasteiger partial charge on any atom is 0.344 e. The molecule has 9 nitrogen and oxygen atoms in total. The molecule has 0 fully saturated rings. The molecule has 0 atom stereocenters. The van der Waals surface area contributed by atoms with Gasteiger partial charge in [-0.05, 0) is 55.6 Å². The Balaban J connectivity index is 1.52. The SMILES string of the molecule is Cc1cc(NS(=O)(=O)c2ccc(NC(=O)c3cc4ccccc4c(=O)o3)cc2)nc(C)n1. The number of aromatic nitrogens is 2. The van der Waals surface area contributed by atoms with E-state index in [0.717, 1.165) is 0 Å². The van der Waals surface area contributed by atoms with Gasteiger partial charge in [0.25, 0.3) is 15.9 Å². The van der Waals surface area contributed by atoms with Crippen LogP contribution in [0, 0.1) is 13.8 Å². The number of carbonyl (C=O) groups excluding carboxylic acids is 1. The normalized spacial score (nSPS) is 11.3. The number of carbonyl (C=O) groups is 1. The number of anilines is 2. The van der Waals surface area contributed by atoms with Crippen molar-refractivity contribution >= 4 is 38.2 Å². The van der Waals surface area contributed by atoms with Crippen molar-refractivity contribution in [2.45, 2.75) is 18.7 Å². The van der Waals surface area contributed by atoms with Gasteiger partial charge in [0.15, 0.2) is 5.76 Å². The Morgan fingerprint density at radius 2 is 1.69 bits per heavy atom. The Bertz CT molecular complexity index is 1480. The van der Waals surface area contributed by atoms with E-state index in [-0.39, 0.29) is 16.5 Å². The second-order valence-corrected chi connectivity index (χ2v) is 8.69. The summed E-state index contributed by atoms with van der Waals surface area (Å²) >= 11 is 0. The van der Waals surface area contributed by atoms with E-state index in [2.05, 4.69) is 20.0 Å². The predicted molar refractivity (Wildman–Crippen MR) is 119 cm³/mol. The quantitative estimate of drug-likeness (QED) is 0.477. The van der Waals surface area contributed by atoms with Gasteiger partial charge in [0.2, 0.25) is 0 Å². The van der Waals surface area contributed by atoms with Crippen molar-refractivity contribution in [1.82, 2.24) is 9.97 Å². The van der Waals surface area contributed by atoms with Crippen molar-refractivity contribution in [3.63, 3.8) is 0 Å². The first-order valence-electron chi connectivity index (χ1n) is 9.51. The molecule has 0 saturated heterocycles. The summed E-state index contributed by atoms with van der Waals surface area (Å²) in [5, 5.41) is 3.54. The molecule has 10 heteroatoms. The number of benzene rings is 2. The molecule has 0 aliphatic rings. The van der Waals surface area contributed by atoms with Crippen LogP contribution in [0.25, 0.3) is 10.8 Å². The topological polar surface area (TPSA) is 131 Å². The van der Waals surface area contributed by atoms with Crippen molar-refractivity contribution in [2.75, 3.05) is 10.0 Å². The number of hydrogen-bond donors (Lipinski definition) is 2. The molecule has 0 aliphatic carbocycles. The van der Waals surface area contributed by atoms with E-state index in [1.54, 1.807) is 38.1 Å². The van der Waals surface area contributed by atoms with E-state index in [0.29, 0.717) is 28.0 Å². The first kappa shape index (κ1) is 21.2. The van der Waals surface area contributed by atoms with Crippen LogP contribution >= 0.6 is 0 Å². The summed E-state index contributed by atoms with van der Waals surface area (Å²) < 4.78 is 32.8. The molecule has 32 heavy (non-hydrogen) atoms. The van der Waals surface area contributed by atoms with E-state index in [1.165, 1.54) is 36.4 Å². The molecule has 0 spiro atoms. The lowest BCUT2D eigenvalue weighted by Crippen LogP contribution is -2.16. The summed E-state index contributed by atoms with van der Waals surface area (Å²) in [4.78, 5) is 32.7. The highest BCUT2D eigenvalue weighted by Crippen LogP contribution is 2.19. The molecule has 0 saturated carbocycles. The van der Waals surface area contributed by atoms with Gasteiger partial charge in [-0.2, -0.15) is 0 Å². The van der Waals surface area contributed by atoms with Crippen molar-refractivity contribution in [3.05, 3.63) is 88.4 Å². The van der Waals surface area contributed by atoms with Crippen LogP contribution in [0.2, 0.25) is 0 Å². The smallest absolute Gasteiger partial charge is 0.344 e. The van der Waals surface area contributed by atoms with Crippen molar-refractivity contribution < 1.29 is 17.6 Å². The zero-order valence-corrected chi connectivity index (χ0v) is 17.9. The Kier molecular flexibility index (Phi) is 5.45. The first-order valence-corrected chi connectivity index (χ1v) is 11.0. The average molecular weight is 450 g/mol. The molecule has 0 radical (unpaired) electrons. The molecule has 0 aliphatic heterocycles. The Morgan fingerprint density at radius 3 is 2.41 bits per heavy atom. The molecule has 2 heterocycles. The average Bonchev–Trinajstić information content (AvgIpc) is 2.73. The minimum Gasteiger partial charge on any atom is -0.417 e. The number of hydrogen-bond acceptors (Lipinski definition) is 7.